The average molecular weight is 466 g/mol. The number of nitrogens with zero attached hydrogens (tertiary/aromatic N) is 1. The molecule has 0 bridgehead atoms. The van der Waals surface area contributed by atoms with Gasteiger partial charge >= 0.3 is 5.63 Å². The topological polar surface area (TPSA) is 51.9 Å². The van der Waals surface area contributed by atoms with Crippen LogP contribution in [0.1, 0.15) is 16.7 Å². The molecule has 2 heterocycles. The highest BCUT2D eigenvalue weighted by Crippen LogP contribution is 2.39. The van der Waals surface area contributed by atoms with Crippen LogP contribution in [0.2, 0.25) is 5.02 Å². The first-order valence-corrected chi connectivity index (χ1v) is 10.8. The maximum Gasteiger partial charge on any atom is 0.336 e. The minimum Gasteiger partial charge on any atom is -0.497 e. The van der Waals surface area contributed by atoms with Crippen LogP contribution in [0, 0.1) is 12.7 Å². The summed E-state index contributed by atoms with van der Waals surface area (Å²) in [6, 6.07) is 15.7. The van der Waals surface area contributed by atoms with E-state index in [1.54, 1.807) is 19.2 Å². The molecule has 0 aliphatic carbocycles. The van der Waals surface area contributed by atoms with Gasteiger partial charge in [0.25, 0.3) is 0 Å². The van der Waals surface area contributed by atoms with Crippen molar-refractivity contribution in [3.63, 3.8) is 0 Å². The van der Waals surface area contributed by atoms with Crippen LogP contribution in [0.3, 0.4) is 0 Å². The van der Waals surface area contributed by atoms with Crippen LogP contribution in [0.4, 0.5) is 4.39 Å². The number of rotatable bonds is 4. The van der Waals surface area contributed by atoms with Gasteiger partial charge in [0, 0.05) is 46.3 Å². The van der Waals surface area contributed by atoms with Gasteiger partial charge in [-0.25, -0.2) is 9.18 Å². The van der Waals surface area contributed by atoms with Gasteiger partial charge < -0.3 is 13.9 Å². The van der Waals surface area contributed by atoms with Crippen molar-refractivity contribution in [3.05, 3.63) is 92.5 Å². The molecule has 3 aromatic carbocycles. The van der Waals surface area contributed by atoms with Crippen LogP contribution in [0.5, 0.6) is 11.5 Å². The van der Waals surface area contributed by atoms with Gasteiger partial charge in [0.05, 0.1) is 7.11 Å². The van der Waals surface area contributed by atoms with Crippen molar-refractivity contribution >= 4 is 22.6 Å². The van der Waals surface area contributed by atoms with Crippen molar-refractivity contribution in [3.8, 4) is 22.6 Å². The molecule has 33 heavy (non-hydrogen) atoms. The number of fused-ring (bicyclic) bond motifs is 2. The Hall–Kier alpha value is -3.35. The molecule has 5 nitrogen and oxygen atoms in total. The summed E-state index contributed by atoms with van der Waals surface area (Å²) < 4.78 is 31.2. The molecule has 0 N–H and O–H groups in total. The van der Waals surface area contributed by atoms with Crippen molar-refractivity contribution < 1.29 is 18.3 Å². The molecule has 0 amide bonds. The highest BCUT2D eigenvalue weighted by Gasteiger charge is 2.24. The van der Waals surface area contributed by atoms with Crippen molar-refractivity contribution in [1.82, 2.24) is 4.90 Å². The lowest BCUT2D eigenvalue weighted by molar-refractivity contribution is 0.0871. The van der Waals surface area contributed by atoms with E-state index in [-0.39, 0.29) is 12.5 Å². The minimum absolute atomic E-state index is 0.270. The second-order valence-corrected chi connectivity index (χ2v) is 8.44. The average Bonchev–Trinajstić information content (AvgIpc) is 2.82. The lowest BCUT2D eigenvalue weighted by atomic mass is 9.96. The SMILES string of the molecule is COc1ccc(-c2cc(=O)oc3c(C)c4c(cc23)CN(Cc2c(F)cccc2Cl)CO4)cc1. The lowest BCUT2D eigenvalue weighted by Gasteiger charge is -2.30. The van der Waals surface area contributed by atoms with E-state index in [2.05, 4.69) is 0 Å². The summed E-state index contributed by atoms with van der Waals surface area (Å²) in [4.78, 5) is 14.3. The fraction of sp³-hybridized carbons (Fsp3) is 0.192. The Bertz CT molecular complexity index is 1390. The van der Waals surface area contributed by atoms with Gasteiger partial charge in [-0.3, -0.25) is 4.90 Å². The van der Waals surface area contributed by atoms with Gasteiger partial charge in [-0.05, 0) is 48.4 Å². The molecule has 0 saturated carbocycles. The number of ether oxygens (including phenoxy) is 2. The second-order valence-electron chi connectivity index (χ2n) is 8.03. The smallest absolute Gasteiger partial charge is 0.336 e. The van der Waals surface area contributed by atoms with E-state index in [1.807, 2.05) is 42.2 Å². The summed E-state index contributed by atoms with van der Waals surface area (Å²) in [5.41, 5.74) is 3.85. The van der Waals surface area contributed by atoms with E-state index in [0.717, 1.165) is 33.4 Å². The number of aryl methyl sites for hydroxylation is 1. The number of halogens is 2. The van der Waals surface area contributed by atoms with E-state index >= 15 is 0 Å². The highest BCUT2D eigenvalue weighted by atomic mass is 35.5. The Balaban J connectivity index is 1.58. The largest absolute Gasteiger partial charge is 0.497 e. The molecule has 5 rings (SSSR count). The van der Waals surface area contributed by atoms with E-state index < -0.39 is 5.63 Å². The molecule has 0 fully saturated rings. The molecule has 1 aliphatic heterocycles. The second kappa shape index (κ2) is 8.54. The van der Waals surface area contributed by atoms with E-state index in [0.29, 0.717) is 35.0 Å². The third kappa shape index (κ3) is 3.96. The first-order valence-electron chi connectivity index (χ1n) is 10.5. The third-order valence-corrected chi connectivity index (χ3v) is 6.27. The molecule has 0 spiro atoms. The Morgan fingerprint density at radius 1 is 1.15 bits per heavy atom. The van der Waals surface area contributed by atoms with Crippen molar-refractivity contribution in [2.45, 2.75) is 20.0 Å². The maximum absolute atomic E-state index is 14.3. The highest BCUT2D eigenvalue weighted by molar-refractivity contribution is 6.31. The van der Waals surface area contributed by atoms with Crippen LogP contribution >= 0.6 is 11.6 Å². The summed E-state index contributed by atoms with van der Waals surface area (Å²) in [6.07, 6.45) is 0. The summed E-state index contributed by atoms with van der Waals surface area (Å²) in [5, 5.41) is 1.20. The van der Waals surface area contributed by atoms with Gasteiger partial charge in [-0.2, -0.15) is 0 Å². The summed E-state index contributed by atoms with van der Waals surface area (Å²) in [6.45, 7) is 3.01. The predicted molar refractivity (Wildman–Crippen MR) is 125 cm³/mol. The molecule has 0 radical (unpaired) electrons. The van der Waals surface area contributed by atoms with Crippen LogP contribution < -0.4 is 15.1 Å². The van der Waals surface area contributed by atoms with Gasteiger partial charge in [-0.1, -0.05) is 29.8 Å². The molecule has 4 aromatic rings. The van der Waals surface area contributed by atoms with Gasteiger partial charge in [-0.15, -0.1) is 0 Å². The molecular weight excluding hydrogens is 445 g/mol. The fourth-order valence-electron chi connectivity index (χ4n) is 4.29. The van der Waals surface area contributed by atoms with Crippen molar-refractivity contribution in [2.75, 3.05) is 13.8 Å². The predicted octanol–water partition coefficient (Wildman–Crippen LogP) is 5.92. The molecular formula is C26H21ClFNO4. The van der Waals surface area contributed by atoms with Gasteiger partial charge in [0.1, 0.15) is 29.6 Å². The summed E-state index contributed by atoms with van der Waals surface area (Å²) in [7, 11) is 1.61. The molecule has 168 valence electrons. The van der Waals surface area contributed by atoms with Crippen LogP contribution in [-0.2, 0) is 13.1 Å². The molecule has 7 heteroatoms. The molecule has 1 aromatic heterocycles. The van der Waals surface area contributed by atoms with Crippen molar-refractivity contribution in [2.24, 2.45) is 0 Å². The standard InChI is InChI=1S/C26H21ClFNO4/c1-15-25-17(12-29(14-32-25)13-21-22(27)4-3-5-23(21)28)10-20-19(11-24(30)33-26(15)20)16-6-8-18(31-2)9-7-16/h3-11H,12-14H2,1-2H3. The van der Waals surface area contributed by atoms with Crippen LogP contribution in [0.15, 0.2) is 63.8 Å². The zero-order valence-electron chi connectivity index (χ0n) is 18.2. The monoisotopic (exact) mass is 465 g/mol. The maximum atomic E-state index is 14.3. The first-order chi connectivity index (χ1) is 15.9. The normalized spacial score (nSPS) is 13.6. The molecule has 0 saturated heterocycles. The van der Waals surface area contributed by atoms with Gasteiger partial charge in [0.15, 0.2) is 0 Å². The zero-order chi connectivity index (χ0) is 23.1. The Labute approximate surface area is 194 Å². The Morgan fingerprint density at radius 2 is 1.94 bits per heavy atom. The number of methoxy groups -OCH3 is 1. The molecule has 0 unspecified atom stereocenters. The summed E-state index contributed by atoms with van der Waals surface area (Å²) in [5.74, 6) is 1.08. The van der Waals surface area contributed by atoms with Crippen LogP contribution in [-0.4, -0.2) is 18.7 Å². The quantitative estimate of drug-likeness (QED) is 0.350. The Morgan fingerprint density at radius 3 is 2.67 bits per heavy atom. The lowest BCUT2D eigenvalue weighted by Crippen LogP contribution is -2.32. The molecule has 0 atom stereocenters. The van der Waals surface area contributed by atoms with Crippen LogP contribution in [0.25, 0.3) is 22.1 Å². The van der Waals surface area contributed by atoms with E-state index in [4.69, 9.17) is 25.5 Å². The number of hydrogen-bond acceptors (Lipinski definition) is 5. The van der Waals surface area contributed by atoms with Gasteiger partial charge in [0.2, 0.25) is 0 Å². The molecule has 1 aliphatic rings. The zero-order valence-corrected chi connectivity index (χ0v) is 18.9. The van der Waals surface area contributed by atoms with Crippen molar-refractivity contribution in [1.29, 1.82) is 0 Å². The van der Waals surface area contributed by atoms with E-state index in [9.17, 15) is 9.18 Å². The number of hydrogen-bond donors (Lipinski definition) is 0. The fourth-order valence-corrected chi connectivity index (χ4v) is 4.51. The summed E-state index contributed by atoms with van der Waals surface area (Å²) >= 11 is 6.22. The minimum atomic E-state index is -0.428. The third-order valence-electron chi connectivity index (χ3n) is 5.92. The number of benzene rings is 3. The van der Waals surface area contributed by atoms with E-state index in [1.165, 1.54) is 12.1 Å². The first kappa shape index (κ1) is 21.5. The Kier molecular flexibility index (Phi) is 5.56.